The van der Waals surface area contributed by atoms with E-state index < -0.39 is 9.84 Å². The first-order valence-corrected chi connectivity index (χ1v) is 11.7. The van der Waals surface area contributed by atoms with Crippen LogP contribution < -0.4 is 10.6 Å². The summed E-state index contributed by atoms with van der Waals surface area (Å²) in [7, 11) is -3.21. The van der Waals surface area contributed by atoms with Crippen molar-refractivity contribution in [1.82, 2.24) is 10.6 Å². The Labute approximate surface area is 174 Å². The summed E-state index contributed by atoms with van der Waals surface area (Å²) in [6, 6.07) is 13.6. The van der Waals surface area contributed by atoms with Crippen LogP contribution in [0.4, 0.5) is 0 Å². The largest absolute Gasteiger partial charge is 0.377 e. The third-order valence-electron chi connectivity index (χ3n) is 4.36. The lowest BCUT2D eigenvalue weighted by atomic mass is 10.1. The first kappa shape index (κ1) is 22.9. The highest BCUT2D eigenvalue weighted by Crippen LogP contribution is 2.17. The summed E-state index contributed by atoms with van der Waals surface area (Å²) < 4.78 is 28.9. The molecule has 7 heteroatoms. The van der Waals surface area contributed by atoms with E-state index in [2.05, 4.69) is 39.9 Å². The molecular weight excluding hydrogens is 386 g/mol. The van der Waals surface area contributed by atoms with Crippen LogP contribution in [0.2, 0.25) is 0 Å². The highest BCUT2D eigenvalue weighted by atomic mass is 32.2. The molecule has 2 aromatic rings. The van der Waals surface area contributed by atoms with Crippen LogP contribution in [0.1, 0.15) is 36.1 Å². The quantitative estimate of drug-likeness (QED) is 0.484. The molecular formula is C22H31N3O3S. The lowest BCUT2D eigenvalue weighted by Crippen LogP contribution is -2.36. The summed E-state index contributed by atoms with van der Waals surface area (Å²) in [6.07, 6.45) is 1.23. The van der Waals surface area contributed by atoms with Crippen LogP contribution in [0.15, 0.2) is 52.4 Å². The second-order valence-electron chi connectivity index (χ2n) is 6.87. The maximum Gasteiger partial charge on any atom is 0.191 e. The molecule has 0 aromatic heterocycles. The van der Waals surface area contributed by atoms with Crippen LogP contribution in [-0.4, -0.2) is 33.8 Å². The van der Waals surface area contributed by atoms with E-state index in [0.717, 1.165) is 34.8 Å². The number of hydrogen-bond donors (Lipinski definition) is 2. The molecule has 2 aromatic carbocycles. The number of nitrogens with one attached hydrogen (secondary N) is 2. The maximum absolute atomic E-state index is 11.8. The number of rotatable bonds is 9. The van der Waals surface area contributed by atoms with Crippen LogP contribution >= 0.6 is 0 Å². The Morgan fingerprint density at radius 3 is 2.24 bits per heavy atom. The van der Waals surface area contributed by atoms with Gasteiger partial charge in [0.25, 0.3) is 0 Å². The Morgan fingerprint density at radius 1 is 1.00 bits per heavy atom. The fraction of sp³-hybridized carbons (Fsp3) is 0.409. The number of aryl methyl sites for hydroxylation is 1. The number of nitrogens with zero attached hydrogens (tertiary/aromatic N) is 1. The summed E-state index contributed by atoms with van der Waals surface area (Å²) >= 11 is 0. The number of ether oxygens (including phenoxy) is 1. The minimum Gasteiger partial charge on any atom is -0.377 e. The zero-order chi connectivity index (χ0) is 21.3. The van der Waals surface area contributed by atoms with Crippen LogP contribution in [0.25, 0.3) is 0 Å². The van der Waals surface area contributed by atoms with Gasteiger partial charge in [-0.1, -0.05) is 36.4 Å². The Bertz CT molecular complexity index is 923. The average Bonchev–Trinajstić information content (AvgIpc) is 2.68. The molecule has 0 saturated carbocycles. The van der Waals surface area contributed by atoms with E-state index in [4.69, 9.17) is 4.74 Å². The smallest absolute Gasteiger partial charge is 0.191 e. The summed E-state index contributed by atoms with van der Waals surface area (Å²) in [5, 5.41) is 6.57. The van der Waals surface area contributed by atoms with E-state index >= 15 is 0 Å². The molecule has 0 unspecified atom stereocenters. The summed E-state index contributed by atoms with van der Waals surface area (Å²) in [5.41, 5.74) is 4.02. The highest BCUT2D eigenvalue weighted by molar-refractivity contribution is 7.90. The van der Waals surface area contributed by atoms with Gasteiger partial charge in [0.15, 0.2) is 15.8 Å². The topological polar surface area (TPSA) is 79.8 Å². The fourth-order valence-electron chi connectivity index (χ4n) is 2.90. The normalized spacial score (nSPS) is 12.1. The van der Waals surface area contributed by atoms with Crippen LogP contribution in [-0.2, 0) is 34.3 Å². The number of sulfone groups is 1. The lowest BCUT2D eigenvalue weighted by Gasteiger charge is -2.12. The lowest BCUT2D eigenvalue weighted by molar-refractivity contribution is 0.134. The zero-order valence-corrected chi connectivity index (χ0v) is 18.5. The van der Waals surface area contributed by atoms with E-state index in [1.807, 2.05) is 32.9 Å². The third kappa shape index (κ3) is 7.51. The molecule has 0 amide bonds. The molecule has 0 fully saturated rings. The molecule has 2 rings (SSSR count). The highest BCUT2D eigenvalue weighted by Gasteiger charge is 2.10. The van der Waals surface area contributed by atoms with E-state index in [9.17, 15) is 8.42 Å². The van der Waals surface area contributed by atoms with Gasteiger partial charge >= 0.3 is 0 Å². The van der Waals surface area contributed by atoms with Gasteiger partial charge in [-0.3, -0.25) is 0 Å². The van der Waals surface area contributed by atoms with Crippen molar-refractivity contribution in [3.05, 3.63) is 64.7 Å². The second kappa shape index (κ2) is 11.0. The van der Waals surface area contributed by atoms with Gasteiger partial charge in [-0.25, -0.2) is 13.4 Å². The molecule has 0 heterocycles. The van der Waals surface area contributed by atoms with E-state index in [-0.39, 0.29) is 0 Å². The molecule has 158 valence electrons. The monoisotopic (exact) mass is 417 g/mol. The Hall–Kier alpha value is -2.38. The summed E-state index contributed by atoms with van der Waals surface area (Å²) in [4.78, 5) is 4.98. The predicted octanol–water partition coefficient (Wildman–Crippen LogP) is 3.19. The maximum atomic E-state index is 11.8. The van der Waals surface area contributed by atoms with Crippen LogP contribution in [0, 0.1) is 6.92 Å². The molecule has 2 N–H and O–H groups in total. The fourth-order valence-corrected chi connectivity index (χ4v) is 3.86. The van der Waals surface area contributed by atoms with Crippen molar-refractivity contribution in [2.75, 3.05) is 19.4 Å². The van der Waals surface area contributed by atoms with Crippen molar-refractivity contribution in [3.63, 3.8) is 0 Å². The van der Waals surface area contributed by atoms with Crippen LogP contribution in [0.3, 0.4) is 0 Å². The number of guanidine groups is 1. The molecule has 0 aliphatic heterocycles. The predicted molar refractivity (Wildman–Crippen MR) is 118 cm³/mol. The van der Waals surface area contributed by atoms with Crippen LogP contribution in [0.5, 0.6) is 0 Å². The molecule has 0 bridgehead atoms. The van der Waals surface area contributed by atoms with Gasteiger partial charge in [-0.15, -0.1) is 0 Å². The second-order valence-corrected chi connectivity index (χ2v) is 8.86. The van der Waals surface area contributed by atoms with Gasteiger partial charge in [-0.05, 0) is 49.1 Å². The molecule has 0 atom stereocenters. The molecule has 6 nitrogen and oxygen atoms in total. The molecule has 0 radical (unpaired) electrons. The van der Waals surface area contributed by atoms with Crippen molar-refractivity contribution in [2.24, 2.45) is 4.99 Å². The number of hydrogen-bond acceptors (Lipinski definition) is 4. The minimum absolute atomic E-state index is 0.364. The molecule has 0 aliphatic rings. The van der Waals surface area contributed by atoms with Crippen molar-refractivity contribution in [1.29, 1.82) is 0 Å². The van der Waals surface area contributed by atoms with Crippen molar-refractivity contribution < 1.29 is 13.2 Å². The Morgan fingerprint density at radius 2 is 1.66 bits per heavy atom. The summed E-state index contributed by atoms with van der Waals surface area (Å²) in [6.45, 7) is 9.04. The molecule has 29 heavy (non-hydrogen) atoms. The zero-order valence-electron chi connectivity index (χ0n) is 17.7. The minimum atomic E-state index is -3.21. The number of aliphatic imine (C=N–C) groups is 1. The van der Waals surface area contributed by atoms with E-state index in [1.165, 1.54) is 6.26 Å². The van der Waals surface area contributed by atoms with E-state index in [0.29, 0.717) is 31.2 Å². The Balaban J connectivity index is 2.00. The van der Waals surface area contributed by atoms with Gasteiger partial charge in [0.1, 0.15) is 0 Å². The van der Waals surface area contributed by atoms with E-state index in [1.54, 1.807) is 6.07 Å². The number of benzene rings is 2. The summed E-state index contributed by atoms with van der Waals surface area (Å²) in [5.74, 6) is 0.718. The van der Waals surface area contributed by atoms with Gasteiger partial charge < -0.3 is 15.4 Å². The van der Waals surface area contributed by atoms with Crippen molar-refractivity contribution >= 4 is 15.8 Å². The molecule has 0 saturated heterocycles. The van der Waals surface area contributed by atoms with Crippen molar-refractivity contribution in [2.45, 2.75) is 45.4 Å². The molecule has 0 aliphatic carbocycles. The molecule has 0 spiro atoms. The van der Waals surface area contributed by atoms with Gasteiger partial charge in [-0.2, -0.15) is 0 Å². The standard InChI is InChI=1S/C22H31N3O3S/c1-5-23-22(24-14-18-7-9-19(10-8-18)16-28-6-2)25-15-20-11-12-21(17(3)13-20)29(4,26)27/h7-13H,5-6,14-16H2,1-4H3,(H2,23,24,25). The SMILES string of the molecule is CCNC(=NCc1ccc(S(C)(=O)=O)c(C)c1)NCc1ccc(COCC)cc1. The average molecular weight is 418 g/mol. The third-order valence-corrected chi connectivity index (χ3v) is 5.62. The van der Waals surface area contributed by atoms with Gasteiger partial charge in [0.2, 0.25) is 0 Å². The van der Waals surface area contributed by atoms with Crippen molar-refractivity contribution in [3.8, 4) is 0 Å². The first-order chi connectivity index (χ1) is 13.8. The first-order valence-electron chi connectivity index (χ1n) is 9.80. The Kier molecular flexibility index (Phi) is 8.67. The van der Waals surface area contributed by atoms with Gasteiger partial charge in [0, 0.05) is 26.0 Å². The van der Waals surface area contributed by atoms with Gasteiger partial charge in [0.05, 0.1) is 18.0 Å².